The Morgan fingerprint density at radius 1 is 1.27 bits per heavy atom. The molecule has 0 bridgehead atoms. The molecule has 3 N–H and O–H groups in total. The van der Waals surface area contributed by atoms with Crippen LogP contribution in [0.2, 0.25) is 0 Å². The molecule has 1 aliphatic heterocycles. The van der Waals surface area contributed by atoms with Gasteiger partial charge in [0, 0.05) is 0 Å². The molecule has 0 atom stereocenters. The summed E-state index contributed by atoms with van der Waals surface area (Å²) in [5.74, 6) is -0.968. The predicted molar refractivity (Wildman–Crippen MR) is 38.3 cm³/mol. The molecule has 1 aliphatic rings. The van der Waals surface area contributed by atoms with Gasteiger partial charge in [-0.25, -0.2) is 0 Å². The van der Waals surface area contributed by atoms with Crippen molar-refractivity contribution in [3.8, 4) is 0 Å². The Bertz CT molecular complexity index is 91.2. The largest absolute Gasteiger partial charge is 0.480 e. The Morgan fingerprint density at radius 3 is 1.64 bits per heavy atom. The Kier molecular flexibility index (Phi) is 7.02. The number of aliphatic carboxylic acids is 1. The summed E-state index contributed by atoms with van der Waals surface area (Å²) >= 11 is 0. The van der Waals surface area contributed by atoms with Crippen LogP contribution < -0.4 is 5.73 Å². The molecule has 0 aromatic carbocycles. The first kappa shape index (κ1) is 10.3. The summed E-state index contributed by atoms with van der Waals surface area (Å²) in [4.78, 5) is 9.24. The number of carboxylic acids is 1. The third kappa shape index (κ3) is 9.35. The van der Waals surface area contributed by atoms with E-state index in [1.54, 1.807) is 0 Å². The van der Waals surface area contributed by atoms with Crippen molar-refractivity contribution in [3.05, 3.63) is 0 Å². The van der Waals surface area contributed by atoms with Crippen LogP contribution in [-0.2, 0) is 14.3 Å². The first-order valence-electron chi connectivity index (χ1n) is 3.34. The van der Waals surface area contributed by atoms with Crippen molar-refractivity contribution < 1.29 is 19.4 Å². The lowest BCUT2D eigenvalue weighted by Gasteiger charge is -2.09. The smallest absolute Gasteiger partial charge is 0.317 e. The zero-order chi connectivity index (χ0) is 8.53. The maximum atomic E-state index is 9.24. The van der Waals surface area contributed by atoms with Gasteiger partial charge in [0.2, 0.25) is 0 Å². The Morgan fingerprint density at radius 2 is 1.55 bits per heavy atom. The van der Waals surface area contributed by atoms with Crippen molar-refractivity contribution in [3.63, 3.8) is 0 Å². The molecule has 11 heavy (non-hydrogen) atoms. The van der Waals surface area contributed by atoms with E-state index in [0.29, 0.717) is 0 Å². The highest BCUT2D eigenvalue weighted by molar-refractivity contribution is 5.68. The minimum absolute atomic E-state index is 0.278. The molecule has 0 aliphatic carbocycles. The Balaban J connectivity index is 0.000000187. The fraction of sp³-hybridized carbons (Fsp3) is 0.833. The van der Waals surface area contributed by atoms with Crippen LogP contribution in [0.5, 0.6) is 0 Å². The second-order valence-corrected chi connectivity index (χ2v) is 1.82. The molecule has 0 spiro atoms. The summed E-state index contributed by atoms with van der Waals surface area (Å²) in [7, 11) is 0. The molecule has 0 radical (unpaired) electrons. The van der Waals surface area contributed by atoms with E-state index in [9.17, 15) is 4.79 Å². The van der Waals surface area contributed by atoms with Gasteiger partial charge >= 0.3 is 5.97 Å². The van der Waals surface area contributed by atoms with Gasteiger partial charge in [0.05, 0.1) is 33.0 Å². The summed E-state index contributed by atoms with van der Waals surface area (Å²) in [5.41, 5.74) is 4.57. The molecule has 1 heterocycles. The highest BCUT2D eigenvalue weighted by atomic mass is 16.6. The van der Waals surface area contributed by atoms with Gasteiger partial charge < -0.3 is 20.3 Å². The van der Waals surface area contributed by atoms with Crippen LogP contribution in [0.15, 0.2) is 0 Å². The number of hydrogen-bond acceptors (Lipinski definition) is 4. The molecule has 1 fully saturated rings. The number of carboxylic acid groups (broad SMARTS) is 1. The molecule has 66 valence electrons. The summed E-state index contributed by atoms with van der Waals surface area (Å²) in [6.45, 7) is 2.83. The molecular weight excluding hydrogens is 150 g/mol. The number of nitrogens with two attached hydrogens (primary N) is 1. The third-order valence-electron chi connectivity index (χ3n) is 0.919. The second-order valence-electron chi connectivity index (χ2n) is 1.82. The minimum atomic E-state index is -0.968. The van der Waals surface area contributed by atoms with Crippen molar-refractivity contribution in [2.45, 2.75) is 0 Å². The van der Waals surface area contributed by atoms with Gasteiger partial charge in [0.15, 0.2) is 0 Å². The average Bonchev–Trinajstić information content (AvgIpc) is 2.09. The molecule has 0 unspecified atom stereocenters. The zero-order valence-corrected chi connectivity index (χ0v) is 6.28. The van der Waals surface area contributed by atoms with E-state index in [4.69, 9.17) is 14.6 Å². The predicted octanol–water partition coefficient (Wildman–Crippen LogP) is -0.937. The number of hydrogen-bond donors (Lipinski definition) is 2. The van der Waals surface area contributed by atoms with Gasteiger partial charge in [-0.05, 0) is 0 Å². The fourth-order valence-electron chi connectivity index (χ4n) is 0.440. The first-order valence-corrected chi connectivity index (χ1v) is 3.34. The quantitative estimate of drug-likeness (QED) is 0.521. The summed E-state index contributed by atoms with van der Waals surface area (Å²) in [6, 6.07) is 0. The molecule has 1 rings (SSSR count). The van der Waals surface area contributed by atoms with E-state index in [-0.39, 0.29) is 6.54 Å². The molecule has 5 nitrogen and oxygen atoms in total. The van der Waals surface area contributed by atoms with Crippen LogP contribution in [0.4, 0.5) is 0 Å². The van der Waals surface area contributed by atoms with Crippen LogP contribution >= 0.6 is 0 Å². The number of rotatable bonds is 1. The van der Waals surface area contributed by atoms with E-state index >= 15 is 0 Å². The average molecular weight is 163 g/mol. The Labute approximate surface area is 65.1 Å². The lowest BCUT2D eigenvalue weighted by molar-refractivity contribution is -0.135. The van der Waals surface area contributed by atoms with Crippen molar-refractivity contribution in [2.75, 3.05) is 33.0 Å². The molecule has 0 aromatic rings. The zero-order valence-electron chi connectivity index (χ0n) is 6.28. The highest BCUT2D eigenvalue weighted by Gasteiger charge is 1.94. The fourth-order valence-corrected chi connectivity index (χ4v) is 0.440. The lowest BCUT2D eigenvalue weighted by atomic mass is 10.6. The summed E-state index contributed by atoms with van der Waals surface area (Å²) in [5, 5.41) is 7.60. The molecule has 0 aromatic heterocycles. The molecular formula is C6H13NO4. The molecule has 5 heteroatoms. The minimum Gasteiger partial charge on any atom is -0.480 e. The summed E-state index contributed by atoms with van der Waals surface area (Å²) in [6.07, 6.45) is 0. The van der Waals surface area contributed by atoms with E-state index < -0.39 is 5.97 Å². The SMILES string of the molecule is C1COCCO1.NCC(=O)O. The van der Waals surface area contributed by atoms with E-state index in [1.807, 2.05) is 0 Å². The first-order chi connectivity index (χ1) is 5.27. The van der Waals surface area contributed by atoms with Crippen LogP contribution in [-0.4, -0.2) is 44.0 Å². The van der Waals surface area contributed by atoms with Crippen LogP contribution in [0.1, 0.15) is 0 Å². The van der Waals surface area contributed by atoms with Crippen LogP contribution in [0, 0.1) is 0 Å². The van der Waals surface area contributed by atoms with Gasteiger partial charge in [0.25, 0.3) is 0 Å². The van der Waals surface area contributed by atoms with Crippen molar-refractivity contribution in [2.24, 2.45) is 5.73 Å². The Hall–Kier alpha value is -0.650. The van der Waals surface area contributed by atoms with E-state index in [1.165, 1.54) is 0 Å². The van der Waals surface area contributed by atoms with Gasteiger partial charge in [0.1, 0.15) is 0 Å². The van der Waals surface area contributed by atoms with Crippen molar-refractivity contribution in [1.29, 1.82) is 0 Å². The third-order valence-corrected chi connectivity index (χ3v) is 0.919. The van der Waals surface area contributed by atoms with E-state index in [2.05, 4.69) is 5.73 Å². The highest BCUT2D eigenvalue weighted by Crippen LogP contribution is 1.85. The normalized spacial score (nSPS) is 16.5. The van der Waals surface area contributed by atoms with Gasteiger partial charge in [-0.3, -0.25) is 4.79 Å². The number of ether oxygens (including phenoxy) is 2. The lowest BCUT2D eigenvalue weighted by Crippen LogP contribution is -2.16. The van der Waals surface area contributed by atoms with Crippen molar-refractivity contribution in [1.82, 2.24) is 0 Å². The second kappa shape index (κ2) is 7.46. The maximum Gasteiger partial charge on any atom is 0.317 e. The topological polar surface area (TPSA) is 81.8 Å². The van der Waals surface area contributed by atoms with Gasteiger partial charge in [-0.15, -0.1) is 0 Å². The molecule has 0 saturated carbocycles. The molecule has 0 amide bonds. The molecule has 1 saturated heterocycles. The van der Waals surface area contributed by atoms with Crippen LogP contribution in [0.25, 0.3) is 0 Å². The van der Waals surface area contributed by atoms with Gasteiger partial charge in [-0.2, -0.15) is 0 Å². The maximum absolute atomic E-state index is 9.24. The summed E-state index contributed by atoms with van der Waals surface area (Å²) < 4.78 is 9.89. The van der Waals surface area contributed by atoms with E-state index in [0.717, 1.165) is 26.4 Å². The van der Waals surface area contributed by atoms with Crippen LogP contribution in [0.3, 0.4) is 0 Å². The van der Waals surface area contributed by atoms with Gasteiger partial charge in [-0.1, -0.05) is 0 Å². The monoisotopic (exact) mass is 163 g/mol. The standard InChI is InChI=1S/C4H8O2.C2H5NO2/c1-2-6-4-3-5-1;3-1-2(4)5/h1-4H2;1,3H2,(H,4,5). The number of carbonyl (C=O) groups is 1. The van der Waals surface area contributed by atoms with Crippen molar-refractivity contribution >= 4 is 5.97 Å².